The molecular formula is C13H9BrCl2N2O3S. The first-order valence-corrected chi connectivity index (χ1v) is 8.24. The van der Waals surface area contributed by atoms with E-state index in [1.54, 1.807) is 24.3 Å². The molecule has 2 rings (SSSR count). The van der Waals surface area contributed by atoms with Gasteiger partial charge in [0.2, 0.25) is 0 Å². The first-order chi connectivity index (χ1) is 10.5. The minimum atomic E-state index is -0.528. The Labute approximate surface area is 148 Å². The van der Waals surface area contributed by atoms with Gasteiger partial charge in [0, 0.05) is 11.1 Å². The molecule has 0 aliphatic carbocycles. The van der Waals surface area contributed by atoms with Crippen LogP contribution in [0.1, 0.15) is 9.67 Å². The molecule has 116 valence electrons. The van der Waals surface area contributed by atoms with Crippen molar-refractivity contribution in [1.29, 1.82) is 0 Å². The molecule has 0 aliphatic rings. The second-order valence-electron chi connectivity index (χ2n) is 3.97. The number of carbonyl (C=O) groups excluding carboxylic acids is 2. The van der Waals surface area contributed by atoms with Gasteiger partial charge in [-0.25, -0.2) is 0 Å². The number of amides is 2. The molecule has 9 heteroatoms. The molecule has 5 nitrogen and oxygen atoms in total. The molecule has 0 radical (unpaired) electrons. The highest BCUT2D eigenvalue weighted by molar-refractivity contribution is 9.11. The Morgan fingerprint density at radius 3 is 2.64 bits per heavy atom. The molecule has 0 aliphatic heterocycles. The molecule has 1 aromatic heterocycles. The summed E-state index contributed by atoms with van der Waals surface area (Å²) in [6.45, 7) is -0.311. The van der Waals surface area contributed by atoms with Gasteiger partial charge in [0.25, 0.3) is 11.8 Å². The lowest BCUT2D eigenvalue weighted by atomic mass is 10.3. The molecule has 0 unspecified atom stereocenters. The van der Waals surface area contributed by atoms with Crippen molar-refractivity contribution in [3.05, 3.63) is 49.0 Å². The minimum absolute atomic E-state index is 0.290. The average Bonchev–Trinajstić information content (AvgIpc) is 2.92. The SMILES string of the molecule is O=C(COc1cc(Cl)ccc1Cl)NNC(=O)c1ccc(Br)s1. The van der Waals surface area contributed by atoms with E-state index in [1.807, 2.05) is 0 Å². The quantitative estimate of drug-likeness (QED) is 0.737. The maximum atomic E-state index is 11.7. The third kappa shape index (κ3) is 4.88. The summed E-state index contributed by atoms with van der Waals surface area (Å²) in [5.41, 5.74) is 4.53. The maximum Gasteiger partial charge on any atom is 0.279 e. The van der Waals surface area contributed by atoms with Crippen LogP contribution in [-0.4, -0.2) is 18.4 Å². The molecule has 0 spiro atoms. The fraction of sp³-hybridized carbons (Fsp3) is 0.0769. The molecule has 22 heavy (non-hydrogen) atoms. The number of rotatable bonds is 4. The van der Waals surface area contributed by atoms with E-state index in [0.29, 0.717) is 14.9 Å². The zero-order valence-corrected chi connectivity index (χ0v) is 14.8. The van der Waals surface area contributed by atoms with E-state index in [0.717, 1.165) is 3.79 Å². The summed E-state index contributed by atoms with van der Waals surface area (Å²) in [5, 5.41) is 0.779. The highest BCUT2D eigenvalue weighted by atomic mass is 79.9. The maximum absolute atomic E-state index is 11.7. The fourth-order valence-corrected chi connectivity index (χ4v) is 3.01. The Kier molecular flexibility index (Phi) is 6.07. The van der Waals surface area contributed by atoms with Crippen LogP contribution < -0.4 is 15.6 Å². The van der Waals surface area contributed by atoms with Gasteiger partial charge in [0.1, 0.15) is 5.75 Å². The van der Waals surface area contributed by atoms with E-state index in [9.17, 15) is 9.59 Å². The molecule has 1 heterocycles. The summed E-state index contributed by atoms with van der Waals surface area (Å²) in [4.78, 5) is 23.8. The van der Waals surface area contributed by atoms with E-state index in [4.69, 9.17) is 27.9 Å². The number of ether oxygens (including phenoxy) is 1. The van der Waals surface area contributed by atoms with Crippen molar-refractivity contribution in [2.24, 2.45) is 0 Å². The van der Waals surface area contributed by atoms with Gasteiger partial charge in [-0.2, -0.15) is 0 Å². The van der Waals surface area contributed by atoms with Crippen LogP contribution >= 0.6 is 50.5 Å². The number of hydrogen-bond acceptors (Lipinski definition) is 4. The van der Waals surface area contributed by atoms with Gasteiger partial charge in [-0.05, 0) is 40.2 Å². The van der Waals surface area contributed by atoms with Gasteiger partial charge in [-0.15, -0.1) is 11.3 Å². The lowest BCUT2D eigenvalue weighted by molar-refractivity contribution is -0.123. The highest BCUT2D eigenvalue weighted by Crippen LogP contribution is 2.27. The summed E-state index contributed by atoms with van der Waals surface area (Å²) < 4.78 is 6.06. The topological polar surface area (TPSA) is 67.4 Å². The van der Waals surface area contributed by atoms with Crippen molar-refractivity contribution in [3.8, 4) is 5.75 Å². The van der Waals surface area contributed by atoms with E-state index < -0.39 is 11.8 Å². The summed E-state index contributed by atoms with van der Waals surface area (Å²) in [6.07, 6.45) is 0. The van der Waals surface area contributed by atoms with Crippen LogP contribution in [0.4, 0.5) is 0 Å². The normalized spacial score (nSPS) is 10.1. The van der Waals surface area contributed by atoms with E-state index in [1.165, 1.54) is 17.4 Å². The zero-order valence-electron chi connectivity index (χ0n) is 10.9. The smallest absolute Gasteiger partial charge is 0.279 e. The van der Waals surface area contributed by atoms with Crippen LogP contribution in [0, 0.1) is 0 Å². The van der Waals surface area contributed by atoms with Crippen molar-refractivity contribution < 1.29 is 14.3 Å². The third-order valence-corrected chi connectivity index (χ3v) is 4.53. The lowest BCUT2D eigenvalue weighted by Gasteiger charge is -2.09. The number of carbonyl (C=O) groups is 2. The van der Waals surface area contributed by atoms with Crippen LogP contribution in [-0.2, 0) is 4.79 Å². The third-order valence-electron chi connectivity index (χ3n) is 2.36. The number of hydrazine groups is 1. The van der Waals surface area contributed by atoms with Crippen LogP contribution in [0.2, 0.25) is 10.0 Å². The lowest BCUT2D eigenvalue weighted by Crippen LogP contribution is -2.43. The molecule has 0 bridgehead atoms. The second kappa shape index (κ2) is 7.82. The van der Waals surface area contributed by atoms with Gasteiger partial charge >= 0.3 is 0 Å². The van der Waals surface area contributed by atoms with Crippen LogP contribution in [0.5, 0.6) is 5.75 Å². The van der Waals surface area contributed by atoms with Crippen LogP contribution in [0.25, 0.3) is 0 Å². The Balaban J connectivity index is 1.81. The number of nitrogens with one attached hydrogen (secondary N) is 2. The highest BCUT2D eigenvalue weighted by Gasteiger charge is 2.11. The summed E-state index contributed by atoms with van der Waals surface area (Å²) in [5.74, 6) is -0.650. The second-order valence-corrected chi connectivity index (χ2v) is 7.28. The molecule has 2 N–H and O–H groups in total. The van der Waals surface area contributed by atoms with Crippen molar-refractivity contribution in [2.45, 2.75) is 0 Å². The van der Waals surface area contributed by atoms with E-state index in [2.05, 4.69) is 26.8 Å². The molecule has 2 amide bonds. The molecule has 0 atom stereocenters. The fourth-order valence-electron chi connectivity index (χ4n) is 1.39. The summed E-state index contributed by atoms with van der Waals surface area (Å²) in [6, 6.07) is 8.05. The van der Waals surface area contributed by atoms with Crippen molar-refractivity contribution in [3.63, 3.8) is 0 Å². The monoisotopic (exact) mass is 422 g/mol. The van der Waals surface area contributed by atoms with Crippen LogP contribution in [0.3, 0.4) is 0 Å². The molecule has 0 fully saturated rings. The first kappa shape index (κ1) is 17.1. The largest absolute Gasteiger partial charge is 0.482 e. The number of halogens is 3. The Hall–Kier alpha value is -1.28. The zero-order chi connectivity index (χ0) is 16.1. The molecule has 0 saturated carbocycles. The standard InChI is InChI=1S/C13H9BrCl2N2O3S/c14-11-4-3-10(22-11)13(20)18-17-12(19)6-21-9-5-7(15)1-2-8(9)16/h1-5H,6H2,(H,17,19)(H,18,20). The van der Waals surface area contributed by atoms with Gasteiger partial charge in [-0.1, -0.05) is 23.2 Å². The Bertz CT molecular complexity index is 708. The predicted molar refractivity (Wildman–Crippen MR) is 89.6 cm³/mol. The molecule has 1 aromatic carbocycles. The van der Waals surface area contributed by atoms with Gasteiger partial charge in [-0.3, -0.25) is 20.4 Å². The first-order valence-electron chi connectivity index (χ1n) is 5.88. The predicted octanol–water partition coefficient (Wildman–Crippen LogP) is 3.66. The molecular weight excluding hydrogens is 415 g/mol. The number of hydrogen-bond donors (Lipinski definition) is 2. The Morgan fingerprint density at radius 2 is 1.95 bits per heavy atom. The van der Waals surface area contributed by atoms with Crippen molar-refractivity contribution in [1.82, 2.24) is 10.9 Å². The molecule has 0 saturated heterocycles. The van der Waals surface area contributed by atoms with Gasteiger partial charge in [0.15, 0.2) is 6.61 Å². The van der Waals surface area contributed by atoms with Gasteiger partial charge < -0.3 is 4.74 Å². The van der Waals surface area contributed by atoms with E-state index >= 15 is 0 Å². The number of thiophene rings is 1. The molecule has 2 aromatic rings. The number of benzene rings is 1. The van der Waals surface area contributed by atoms with Crippen molar-refractivity contribution >= 4 is 62.3 Å². The average molecular weight is 424 g/mol. The Morgan fingerprint density at radius 1 is 1.18 bits per heavy atom. The summed E-state index contributed by atoms with van der Waals surface area (Å²) >= 11 is 16.2. The summed E-state index contributed by atoms with van der Waals surface area (Å²) in [7, 11) is 0. The van der Waals surface area contributed by atoms with Crippen molar-refractivity contribution in [2.75, 3.05) is 6.61 Å². The van der Waals surface area contributed by atoms with E-state index in [-0.39, 0.29) is 12.4 Å². The van der Waals surface area contributed by atoms with Crippen LogP contribution in [0.15, 0.2) is 34.1 Å². The minimum Gasteiger partial charge on any atom is -0.482 e. The van der Waals surface area contributed by atoms with Gasteiger partial charge in [0.05, 0.1) is 13.7 Å².